The zero-order valence-corrected chi connectivity index (χ0v) is 20.9. The summed E-state index contributed by atoms with van der Waals surface area (Å²) in [6, 6.07) is 15.4. The predicted molar refractivity (Wildman–Crippen MR) is 129 cm³/mol. The van der Waals surface area contributed by atoms with Crippen molar-refractivity contribution in [1.29, 1.82) is 0 Å². The van der Waals surface area contributed by atoms with Crippen molar-refractivity contribution in [2.24, 2.45) is 16.8 Å². The van der Waals surface area contributed by atoms with Gasteiger partial charge in [0.1, 0.15) is 0 Å². The van der Waals surface area contributed by atoms with E-state index in [9.17, 15) is 40.7 Å². The number of amides is 3. The van der Waals surface area contributed by atoms with Gasteiger partial charge < -0.3 is 10.2 Å². The second kappa shape index (κ2) is 12.0. The molecular formula is C26H27F6N4O3+. The van der Waals surface area contributed by atoms with Crippen molar-refractivity contribution >= 4 is 29.1 Å². The first-order chi connectivity index (χ1) is 18.2. The predicted octanol–water partition coefficient (Wildman–Crippen LogP) is 3.63. The first-order valence-corrected chi connectivity index (χ1v) is 12.0. The number of carbonyl (C=O) groups is 3. The SMILES string of the molecule is CN1C(=O)C(NC(=O)C(CCC(F)(F)F)C(CCC(F)(F)F)C([NH3+])=O)N=C(c2ccccc2)c2ccccc21. The second-order valence-electron chi connectivity index (χ2n) is 9.16. The van der Waals surface area contributed by atoms with Crippen LogP contribution in [0.5, 0.6) is 0 Å². The number of rotatable bonds is 9. The van der Waals surface area contributed by atoms with E-state index in [2.05, 4.69) is 16.0 Å². The maximum absolute atomic E-state index is 13.3. The van der Waals surface area contributed by atoms with E-state index in [1.165, 1.54) is 11.9 Å². The minimum absolute atomic E-state index is 0.308. The summed E-state index contributed by atoms with van der Waals surface area (Å²) in [4.78, 5) is 44.4. The van der Waals surface area contributed by atoms with Crippen molar-refractivity contribution < 1.29 is 46.5 Å². The third-order valence-electron chi connectivity index (χ3n) is 6.38. The highest BCUT2D eigenvalue weighted by atomic mass is 19.4. The lowest BCUT2D eigenvalue weighted by Gasteiger charge is -2.26. The van der Waals surface area contributed by atoms with E-state index < -0.39 is 73.8 Å². The second-order valence-corrected chi connectivity index (χ2v) is 9.16. The smallest absolute Gasteiger partial charge is 0.326 e. The number of aliphatic imine (C=N–C) groups is 1. The molecule has 1 aliphatic rings. The molecule has 0 radical (unpaired) electrons. The Hall–Kier alpha value is -3.74. The number of likely N-dealkylation sites (N-methyl/N-ethyl adjacent to an activating group) is 1. The van der Waals surface area contributed by atoms with Gasteiger partial charge in [0.15, 0.2) is 0 Å². The number of fused-ring (bicyclic) bond motifs is 1. The van der Waals surface area contributed by atoms with Crippen molar-refractivity contribution in [1.82, 2.24) is 5.32 Å². The number of nitrogens with one attached hydrogen (secondary N) is 1. The molecule has 2 aromatic rings. The van der Waals surface area contributed by atoms with E-state index in [-0.39, 0.29) is 0 Å². The summed E-state index contributed by atoms with van der Waals surface area (Å²) in [5.74, 6) is -6.60. The van der Waals surface area contributed by atoms with Crippen molar-refractivity contribution in [3.05, 3.63) is 65.7 Å². The molecule has 13 heteroatoms. The summed E-state index contributed by atoms with van der Waals surface area (Å²) in [6.45, 7) is 0. The Labute approximate surface area is 220 Å². The zero-order valence-electron chi connectivity index (χ0n) is 20.9. The summed E-state index contributed by atoms with van der Waals surface area (Å²) in [7, 11) is 1.43. The normalized spacial score (nSPS) is 17.5. The van der Waals surface area contributed by atoms with Gasteiger partial charge >= 0.3 is 18.3 Å². The lowest BCUT2D eigenvalue weighted by molar-refractivity contribution is -0.314. The number of carbonyl (C=O) groups excluding carboxylic acids is 3. The van der Waals surface area contributed by atoms with Crippen LogP contribution in [0.15, 0.2) is 59.6 Å². The summed E-state index contributed by atoms with van der Waals surface area (Å²) in [5.41, 5.74) is 4.97. The number of benzene rings is 2. The van der Waals surface area contributed by atoms with Crippen LogP contribution in [0.3, 0.4) is 0 Å². The van der Waals surface area contributed by atoms with Gasteiger partial charge in [-0.05, 0) is 18.9 Å². The van der Waals surface area contributed by atoms with Crippen LogP contribution in [0, 0.1) is 11.8 Å². The van der Waals surface area contributed by atoms with Crippen LogP contribution in [-0.4, -0.2) is 49.0 Å². The van der Waals surface area contributed by atoms with E-state index in [0.29, 0.717) is 22.5 Å². The Morgan fingerprint density at radius 3 is 2.03 bits per heavy atom. The molecule has 3 rings (SSSR count). The standard InChI is InChI=1S/C26H26F6N4O3/c1-36-19-10-6-5-9-18(19)20(15-7-3-2-4-8-15)34-22(24(36)39)35-23(38)17(12-14-26(30,31)32)16(21(33)37)11-13-25(27,28)29/h2-10,16-17,22H,11-14H2,1H3,(H2,33,37)(H,35,38)/p+1. The van der Waals surface area contributed by atoms with Gasteiger partial charge in [0, 0.05) is 31.0 Å². The quantitative estimate of drug-likeness (QED) is 0.460. The molecule has 0 aromatic heterocycles. The van der Waals surface area contributed by atoms with Gasteiger partial charge in [0.05, 0.1) is 23.2 Å². The Morgan fingerprint density at radius 1 is 0.923 bits per heavy atom. The number of quaternary nitrogens is 1. The van der Waals surface area contributed by atoms with Crippen molar-refractivity contribution in [3.8, 4) is 0 Å². The van der Waals surface area contributed by atoms with E-state index in [1.54, 1.807) is 54.6 Å². The highest BCUT2D eigenvalue weighted by Gasteiger charge is 2.42. The lowest BCUT2D eigenvalue weighted by Crippen LogP contribution is -2.63. The van der Waals surface area contributed by atoms with Crippen molar-refractivity contribution in [2.45, 2.75) is 44.2 Å². The van der Waals surface area contributed by atoms with E-state index in [1.807, 2.05) is 0 Å². The number of anilines is 1. The fourth-order valence-electron chi connectivity index (χ4n) is 4.42. The minimum Gasteiger partial charge on any atom is -0.326 e. The van der Waals surface area contributed by atoms with Gasteiger partial charge in [-0.2, -0.15) is 26.3 Å². The van der Waals surface area contributed by atoms with Gasteiger partial charge in [-0.3, -0.25) is 15.3 Å². The van der Waals surface area contributed by atoms with Crippen LogP contribution >= 0.6 is 0 Å². The molecule has 0 saturated carbocycles. The highest BCUT2D eigenvalue weighted by molar-refractivity contribution is 6.20. The summed E-state index contributed by atoms with van der Waals surface area (Å²) < 4.78 is 77.8. The Balaban J connectivity index is 2.00. The first kappa shape index (κ1) is 29.8. The maximum Gasteiger partial charge on any atom is 0.389 e. The molecule has 0 saturated heterocycles. The number of hydrogen-bond acceptors (Lipinski definition) is 4. The molecule has 0 aliphatic carbocycles. The fourth-order valence-corrected chi connectivity index (χ4v) is 4.42. The Bertz CT molecular complexity index is 1230. The molecule has 1 heterocycles. The van der Waals surface area contributed by atoms with E-state index in [0.717, 1.165) is 0 Å². The molecule has 39 heavy (non-hydrogen) atoms. The third-order valence-corrected chi connectivity index (χ3v) is 6.38. The van der Waals surface area contributed by atoms with Crippen LogP contribution in [0.4, 0.5) is 32.0 Å². The highest BCUT2D eigenvalue weighted by Crippen LogP contribution is 2.33. The number of halogens is 6. The zero-order chi connectivity index (χ0) is 29.0. The van der Waals surface area contributed by atoms with E-state index in [4.69, 9.17) is 0 Å². The van der Waals surface area contributed by atoms with Crippen molar-refractivity contribution in [3.63, 3.8) is 0 Å². The average Bonchev–Trinajstić information content (AvgIpc) is 2.95. The molecule has 3 atom stereocenters. The number of para-hydroxylation sites is 1. The number of nitrogens with zero attached hydrogens (tertiary/aromatic N) is 2. The molecule has 3 amide bonds. The summed E-state index contributed by atoms with van der Waals surface area (Å²) in [5, 5.41) is 2.30. The Morgan fingerprint density at radius 2 is 1.46 bits per heavy atom. The molecule has 0 fully saturated rings. The fraction of sp³-hybridized carbons (Fsp3) is 0.385. The maximum atomic E-state index is 13.3. The Kier molecular flexibility index (Phi) is 9.15. The number of benzodiazepines with no additional fused rings is 1. The van der Waals surface area contributed by atoms with Crippen molar-refractivity contribution in [2.75, 3.05) is 11.9 Å². The lowest BCUT2D eigenvalue weighted by atomic mass is 9.83. The van der Waals surface area contributed by atoms with E-state index >= 15 is 0 Å². The summed E-state index contributed by atoms with van der Waals surface area (Å²) >= 11 is 0. The molecule has 3 unspecified atom stereocenters. The van der Waals surface area contributed by atoms with Crippen LogP contribution in [0.25, 0.3) is 0 Å². The van der Waals surface area contributed by atoms with Gasteiger partial charge in [-0.1, -0.05) is 48.5 Å². The molecule has 0 bridgehead atoms. The molecule has 2 aromatic carbocycles. The number of hydrogen-bond donors (Lipinski definition) is 2. The monoisotopic (exact) mass is 557 g/mol. The molecule has 0 spiro atoms. The average molecular weight is 558 g/mol. The largest absolute Gasteiger partial charge is 0.389 e. The van der Waals surface area contributed by atoms with Crippen LogP contribution < -0.4 is 16.0 Å². The van der Waals surface area contributed by atoms with Crippen LogP contribution in [0.1, 0.15) is 36.8 Å². The minimum atomic E-state index is -4.74. The van der Waals surface area contributed by atoms with Crippen LogP contribution in [-0.2, 0) is 14.4 Å². The first-order valence-electron chi connectivity index (χ1n) is 12.0. The number of alkyl halides is 6. The third kappa shape index (κ3) is 7.88. The van der Waals surface area contributed by atoms with Gasteiger partial charge in [0.25, 0.3) is 5.91 Å². The molecule has 1 aliphatic heterocycles. The van der Waals surface area contributed by atoms with Crippen LogP contribution in [0.2, 0.25) is 0 Å². The summed E-state index contributed by atoms with van der Waals surface area (Å²) in [6.07, 6.45) is -16.0. The molecule has 4 N–H and O–H groups in total. The molecule has 210 valence electrons. The molecule has 7 nitrogen and oxygen atoms in total. The van der Waals surface area contributed by atoms with Gasteiger partial charge in [-0.25, -0.2) is 9.79 Å². The van der Waals surface area contributed by atoms with Gasteiger partial charge in [0.2, 0.25) is 12.1 Å². The molecular weight excluding hydrogens is 530 g/mol. The van der Waals surface area contributed by atoms with Gasteiger partial charge in [-0.15, -0.1) is 0 Å². The topological polar surface area (TPSA) is 106 Å².